The molecule has 0 atom stereocenters. The fourth-order valence-electron chi connectivity index (χ4n) is 1.58. The van der Waals surface area contributed by atoms with E-state index in [1.54, 1.807) is 30.3 Å². The average Bonchev–Trinajstić information content (AvgIpc) is 2.48. The highest BCUT2D eigenvalue weighted by atomic mass is 35.5. The molecule has 2 aromatic rings. The lowest BCUT2D eigenvalue weighted by molar-refractivity contribution is 0.211. The lowest BCUT2D eigenvalue weighted by atomic mass is 10.2. The van der Waals surface area contributed by atoms with Gasteiger partial charge >= 0.3 is 0 Å². The third-order valence-electron chi connectivity index (χ3n) is 2.52. The molecule has 0 aliphatic rings. The van der Waals surface area contributed by atoms with Crippen LogP contribution in [0.5, 0.6) is 11.5 Å². The predicted molar refractivity (Wildman–Crippen MR) is 73.6 cm³/mol. The van der Waals surface area contributed by atoms with Gasteiger partial charge < -0.3 is 9.47 Å². The van der Waals surface area contributed by atoms with E-state index in [1.807, 2.05) is 6.07 Å². The minimum absolute atomic E-state index is 0.0123. The summed E-state index contributed by atoms with van der Waals surface area (Å²) < 4.78 is 24.2. The molecule has 2 aromatic carbocycles. The molecule has 0 aliphatic carbocycles. The topological polar surface area (TPSA) is 42.2 Å². The van der Waals surface area contributed by atoms with Crippen molar-refractivity contribution in [2.45, 2.75) is 0 Å². The van der Waals surface area contributed by atoms with E-state index >= 15 is 0 Å². The number of hydrogen-bond donors (Lipinski definition) is 0. The zero-order valence-corrected chi connectivity index (χ0v) is 11.2. The summed E-state index contributed by atoms with van der Waals surface area (Å²) in [5.41, 5.74) is 0.446. The van der Waals surface area contributed by atoms with Crippen LogP contribution in [0.15, 0.2) is 42.5 Å². The lowest BCUT2D eigenvalue weighted by Crippen LogP contribution is -2.10. The smallest absolute Gasteiger partial charge is 0.183 e. The van der Waals surface area contributed by atoms with E-state index in [1.165, 1.54) is 12.1 Å². The van der Waals surface area contributed by atoms with Gasteiger partial charge in [-0.05, 0) is 24.3 Å². The second-order valence-electron chi connectivity index (χ2n) is 3.86. The number of ether oxygens (including phenoxy) is 2. The van der Waals surface area contributed by atoms with Gasteiger partial charge in [0.1, 0.15) is 25.0 Å². The zero-order chi connectivity index (χ0) is 14.4. The Balaban J connectivity index is 1.88. The Bertz CT molecular complexity index is 640. The van der Waals surface area contributed by atoms with Crippen LogP contribution in [0.25, 0.3) is 0 Å². The molecule has 0 aliphatic heterocycles. The summed E-state index contributed by atoms with van der Waals surface area (Å²) in [7, 11) is 0. The van der Waals surface area contributed by atoms with Gasteiger partial charge in [0.2, 0.25) is 0 Å². The number of nitrogens with zero attached hydrogens (tertiary/aromatic N) is 1. The molecule has 0 saturated heterocycles. The van der Waals surface area contributed by atoms with Gasteiger partial charge in [-0.3, -0.25) is 0 Å². The maximum atomic E-state index is 13.5. The van der Waals surface area contributed by atoms with Crippen LogP contribution in [0.3, 0.4) is 0 Å². The molecule has 20 heavy (non-hydrogen) atoms. The Labute approximate surface area is 121 Å². The largest absolute Gasteiger partial charge is 0.489 e. The van der Waals surface area contributed by atoms with Crippen LogP contribution < -0.4 is 9.47 Å². The molecule has 0 radical (unpaired) electrons. The van der Waals surface area contributed by atoms with E-state index in [9.17, 15) is 4.39 Å². The number of para-hydroxylation sites is 1. The summed E-state index contributed by atoms with van der Waals surface area (Å²) in [4.78, 5) is 0. The van der Waals surface area contributed by atoms with Crippen molar-refractivity contribution in [2.75, 3.05) is 13.2 Å². The summed E-state index contributed by atoms with van der Waals surface area (Å²) in [6, 6.07) is 13.4. The molecular formula is C15H11ClFNO2. The van der Waals surface area contributed by atoms with Gasteiger partial charge in [0, 0.05) is 0 Å². The molecule has 0 aromatic heterocycles. The van der Waals surface area contributed by atoms with Crippen LogP contribution in [0.2, 0.25) is 5.02 Å². The Hall–Kier alpha value is -2.25. The summed E-state index contributed by atoms with van der Waals surface area (Å²) in [5, 5.41) is 8.91. The number of nitriles is 1. The molecule has 0 saturated carbocycles. The average molecular weight is 292 g/mol. The first-order valence-electron chi connectivity index (χ1n) is 5.91. The number of rotatable bonds is 5. The van der Waals surface area contributed by atoms with Crippen molar-refractivity contribution in [2.24, 2.45) is 0 Å². The minimum atomic E-state index is -0.591. The highest BCUT2D eigenvalue weighted by Crippen LogP contribution is 2.24. The molecular weight excluding hydrogens is 281 g/mol. The Morgan fingerprint density at radius 3 is 2.40 bits per heavy atom. The van der Waals surface area contributed by atoms with Gasteiger partial charge in [-0.25, -0.2) is 4.39 Å². The first-order chi connectivity index (χ1) is 9.72. The molecule has 102 valence electrons. The van der Waals surface area contributed by atoms with E-state index in [0.29, 0.717) is 11.3 Å². The quantitative estimate of drug-likeness (QED) is 0.787. The van der Waals surface area contributed by atoms with Crippen LogP contribution in [0, 0.1) is 17.1 Å². The van der Waals surface area contributed by atoms with Crippen LogP contribution >= 0.6 is 11.6 Å². The maximum Gasteiger partial charge on any atom is 0.183 e. The molecule has 0 heterocycles. The second-order valence-corrected chi connectivity index (χ2v) is 4.26. The molecule has 0 spiro atoms. The lowest BCUT2D eigenvalue weighted by Gasteiger charge is -2.10. The minimum Gasteiger partial charge on any atom is -0.489 e. The van der Waals surface area contributed by atoms with Crippen molar-refractivity contribution in [3.05, 3.63) is 58.9 Å². The molecule has 0 fully saturated rings. The summed E-state index contributed by atoms with van der Waals surface area (Å²) in [6.07, 6.45) is 0. The van der Waals surface area contributed by atoms with Crippen LogP contribution in [-0.4, -0.2) is 13.2 Å². The highest BCUT2D eigenvalue weighted by molar-refractivity contribution is 6.30. The predicted octanol–water partition coefficient (Wildman–Crippen LogP) is 3.81. The van der Waals surface area contributed by atoms with E-state index in [2.05, 4.69) is 0 Å². The van der Waals surface area contributed by atoms with Gasteiger partial charge in [-0.15, -0.1) is 0 Å². The van der Waals surface area contributed by atoms with Gasteiger partial charge in [-0.1, -0.05) is 29.8 Å². The van der Waals surface area contributed by atoms with Crippen molar-refractivity contribution in [1.29, 1.82) is 5.26 Å². The molecule has 0 bridgehead atoms. The monoisotopic (exact) mass is 291 g/mol. The van der Waals surface area contributed by atoms with Crippen molar-refractivity contribution < 1.29 is 13.9 Å². The highest BCUT2D eigenvalue weighted by Gasteiger charge is 2.07. The SMILES string of the molecule is N#Cc1ccccc1OCCOc1cccc(Cl)c1F. The van der Waals surface area contributed by atoms with Crippen molar-refractivity contribution >= 4 is 11.6 Å². The summed E-state index contributed by atoms with van der Waals surface area (Å²) >= 11 is 5.64. The maximum absolute atomic E-state index is 13.5. The van der Waals surface area contributed by atoms with Crippen LogP contribution in [-0.2, 0) is 0 Å². The summed E-state index contributed by atoms with van der Waals surface area (Å²) in [5.74, 6) is -0.0357. The first kappa shape index (κ1) is 14.2. The van der Waals surface area contributed by atoms with E-state index in [0.717, 1.165) is 0 Å². The van der Waals surface area contributed by atoms with Crippen molar-refractivity contribution in [3.8, 4) is 17.6 Å². The zero-order valence-electron chi connectivity index (χ0n) is 10.5. The Morgan fingerprint density at radius 1 is 1.00 bits per heavy atom. The fourth-order valence-corrected chi connectivity index (χ4v) is 1.75. The second kappa shape index (κ2) is 6.78. The van der Waals surface area contributed by atoms with Gasteiger partial charge in [0.15, 0.2) is 11.6 Å². The van der Waals surface area contributed by atoms with Gasteiger partial charge in [-0.2, -0.15) is 5.26 Å². The molecule has 0 N–H and O–H groups in total. The number of hydrogen-bond acceptors (Lipinski definition) is 3. The van der Waals surface area contributed by atoms with Crippen molar-refractivity contribution in [1.82, 2.24) is 0 Å². The third-order valence-corrected chi connectivity index (χ3v) is 2.81. The number of benzene rings is 2. The molecule has 2 rings (SSSR count). The van der Waals surface area contributed by atoms with Crippen LogP contribution in [0.4, 0.5) is 4.39 Å². The van der Waals surface area contributed by atoms with E-state index in [-0.39, 0.29) is 24.0 Å². The van der Waals surface area contributed by atoms with Crippen LogP contribution in [0.1, 0.15) is 5.56 Å². The molecule has 0 amide bonds. The summed E-state index contributed by atoms with van der Waals surface area (Å²) in [6.45, 7) is 0.349. The van der Waals surface area contributed by atoms with Gasteiger partial charge in [0.25, 0.3) is 0 Å². The Kier molecular flexibility index (Phi) is 4.80. The standard InChI is InChI=1S/C15H11ClFNO2/c16-12-5-3-7-14(15(12)17)20-9-8-19-13-6-2-1-4-11(13)10-18/h1-7H,8-9H2. The van der Waals surface area contributed by atoms with Crippen molar-refractivity contribution in [3.63, 3.8) is 0 Å². The molecule has 5 heteroatoms. The molecule has 3 nitrogen and oxygen atoms in total. The number of halogens is 2. The van der Waals surface area contributed by atoms with Gasteiger partial charge in [0.05, 0.1) is 10.6 Å². The third kappa shape index (κ3) is 3.40. The van der Waals surface area contributed by atoms with E-state index < -0.39 is 5.82 Å². The molecule has 0 unspecified atom stereocenters. The van der Waals surface area contributed by atoms with E-state index in [4.69, 9.17) is 26.3 Å². The first-order valence-corrected chi connectivity index (χ1v) is 6.29. The normalized spacial score (nSPS) is 9.85. The Morgan fingerprint density at radius 2 is 1.65 bits per heavy atom. The fraction of sp³-hybridized carbons (Fsp3) is 0.133.